The van der Waals surface area contributed by atoms with Gasteiger partial charge in [-0.3, -0.25) is 9.69 Å². The van der Waals surface area contributed by atoms with Gasteiger partial charge in [0.15, 0.2) is 0 Å². The number of fused-ring (bicyclic) bond motifs is 1. The summed E-state index contributed by atoms with van der Waals surface area (Å²) in [5, 5.41) is 32.6. The Morgan fingerprint density at radius 1 is 1.06 bits per heavy atom. The van der Waals surface area contributed by atoms with E-state index < -0.39 is 23.9 Å². The molecule has 5 rings (SSSR count). The van der Waals surface area contributed by atoms with Gasteiger partial charge >= 0.3 is 0 Å². The van der Waals surface area contributed by atoms with Crippen molar-refractivity contribution in [3.8, 4) is 0 Å². The van der Waals surface area contributed by atoms with Crippen LogP contribution in [0.4, 0.5) is 5.69 Å². The number of rotatable bonds is 3. The van der Waals surface area contributed by atoms with Crippen molar-refractivity contribution in [3.63, 3.8) is 0 Å². The summed E-state index contributed by atoms with van der Waals surface area (Å²) in [5.74, 6) is 0.411. The van der Waals surface area contributed by atoms with Crippen LogP contribution in [0.2, 0.25) is 0 Å². The standard InChI is InChI=1S/C27H30N2O5/c1-15-4-9-18-20(10-15)28-26(33)24(18)23-11-19(27(2,3)34-23)17-7-5-16(6-8-17)12-29-13-21(30)25(32)22(31)14-29/h4-11,21-22,25,30-32H,12-14H2,1-3H3,(H,28,33)/b24-23+/t21-,22?,25?/m0/s1. The Morgan fingerprint density at radius 2 is 1.74 bits per heavy atom. The lowest BCUT2D eigenvalue weighted by atomic mass is 9.91. The third kappa shape index (κ3) is 4.05. The van der Waals surface area contributed by atoms with E-state index in [0.29, 0.717) is 31.0 Å². The van der Waals surface area contributed by atoms with E-state index in [1.54, 1.807) is 0 Å². The van der Waals surface area contributed by atoms with Gasteiger partial charge in [-0.15, -0.1) is 0 Å². The van der Waals surface area contributed by atoms with Crippen LogP contribution in [0.15, 0.2) is 54.3 Å². The third-order valence-corrected chi connectivity index (χ3v) is 6.81. The van der Waals surface area contributed by atoms with Gasteiger partial charge in [0.25, 0.3) is 5.91 Å². The molecule has 2 aromatic carbocycles. The Labute approximate surface area is 199 Å². The van der Waals surface area contributed by atoms with Crippen LogP contribution in [0.5, 0.6) is 0 Å². The summed E-state index contributed by atoms with van der Waals surface area (Å²) in [5.41, 5.74) is 5.72. The van der Waals surface area contributed by atoms with Gasteiger partial charge in [-0.25, -0.2) is 0 Å². The average molecular weight is 463 g/mol. The largest absolute Gasteiger partial charge is 0.482 e. The van der Waals surface area contributed by atoms with Gasteiger partial charge < -0.3 is 25.4 Å². The molecule has 178 valence electrons. The topological polar surface area (TPSA) is 102 Å². The van der Waals surface area contributed by atoms with Crippen molar-refractivity contribution in [1.82, 2.24) is 4.90 Å². The summed E-state index contributed by atoms with van der Waals surface area (Å²) in [6, 6.07) is 14.0. The summed E-state index contributed by atoms with van der Waals surface area (Å²) in [6.07, 6.45) is -1.07. The van der Waals surface area contributed by atoms with Crippen LogP contribution in [0, 0.1) is 6.92 Å². The van der Waals surface area contributed by atoms with Crippen molar-refractivity contribution in [2.75, 3.05) is 18.4 Å². The second kappa shape index (κ2) is 8.36. The molecule has 0 bridgehead atoms. The maximum absolute atomic E-state index is 12.7. The quantitative estimate of drug-likeness (QED) is 0.523. The Bertz CT molecular complexity index is 1190. The number of nitrogens with zero attached hydrogens (tertiary/aromatic N) is 1. The smallest absolute Gasteiger partial charge is 0.260 e. The molecule has 7 nitrogen and oxygen atoms in total. The Hall–Kier alpha value is -2.97. The normalized spacial score (nSPS) is 28.4. The molecule has 7 heteroatoms. The van der Waals surface area contributed by atoms with E-state index in [9.17, 15) is 20.1 Å². The highest BCUT2D eigenvalue weighted by Crippen LogP contribution is 2.44. The molecule has 1 saturated heterocycles. The number of ether oxygens (including phenoxy) is 1. The second-order valence-corrected chi connectivity index (χ2v) is 9.93. The molecule has 1 fully saturated rings. The molecule has 0 radical (unpaired) electrons. The maximum Gasteiger partial charge on any atom is 0.260 e. The van der Waals surface area contributed by atoms with Gasteiger partial charge in [0.1, 0.15) is 17.5 Å². The number of β-amino-alcohol motifs (C(OH)–C–C–N with tert-alkyl or cyclic N) is 2. The highest BCUT2D eigenvalue weighted by Gasteiger charge is 2.38. The average Bonchev–Trinajstić information content (AvgIpc) is 3.26. The zero-order valence-corrected chi connectivity index (χ0v) is 19.6. The predicted octanol–water partition coefficient (Wildman–Crippen LogP) is 2.45. The lowest BCUT2D eigenvalue weighted by Crippen LogP contribution is -2.54. The second-order valence-electron chi connectivity index (χ2n) is 9.93. The number of likely N-dealkylation sites (tertiary alicyclic amines) is 1. The summed E-state index contributed by atoms with van der Waals surface area (Å²) < 4.78 is 6.28. The van der Waals surface area contributed by atoms with Crippen molar-refractivity contribution < 1.29 is 24.9 Å². The Morgan fingerprint density at radius 3 is 2.41 bits per heavy atom. The molecule has 2 aromatic rings. The van der Waals surface area contributed by atoms with Crippen molar-refractivity contribution >= 4 is 22.7 Å². The summed E-state index contributed by atoms with van der Waals surface area (Å²) >= 11 is 0. The van der Waals surface area contributed by atoms with Crippen molar-refractivity contribution in [3.05, 3.63) is 76.6 Å². The summed E-state index contributed by atoms with van der Waals surface area (Å²) in [6.45, 7) is 7.16. The lowest BCUT2D eigenvalue weighted by molar-refractivity contribution is -0.111. The minimum absolute atomic E-state index is 0.157. The molecule has 3 aliphatic rings. The first kappa shape index (κ1) is 22.8. The highest BCUT2D eigenvalue weighted by atomic mass is 16.5. The molecule has 34 heavy (non-hydrogen) atoms. The van der Waals surface area contributed by atoms with Crippen LogP contribution in [-0.4, -0.2) is 63.1 Å². The molecular formula is C27H30N2O5. The SMILES string of the molecule is Cc1ccc2c(c1)NC(=O)/C2=C1\C=C(c2ccc(CN3CC(O)C(O)[C@@H](O)C3)cc2)C(C)(C)O1. The van der Waals surface area contributed by atoms with E-state index >= 15 is 0 Å². The number of nitrogens with one attached hydrogen (secondary N) is 1. The van der Waals surface area contributed by atoms with Crippen LogP contribution in [0.25, 0.3) is 11.1 Å². The van der Waals surface area contributed by atoms with Gasteiger partial charge in [-0.2, -0.15) is 0 Å². The number of carbonyl (C=O) groups is 1. The molecule has 1 amide bonds. The monoisotopic (exact) mass is 462 g/mol. The van der Waals surface area contributed by atoms with E-state index in [0.717, 1.165) is 33.5 Å². The minimum atomic E-state index is -1.10. The number of piperidine rings is 1. The fraction of sp³-hybridized carbons (Fsp3) is 0.370. The number of aryl methyl sites for hydroxylation is 1. The molecule has 3 aliphatic heterocycles. The van der Waals surface area contributed by atoms with Crippen molar-refractivity contribution in [2.45, 2.75) is 51.2 Å². The van der Waals surface area contributed by atoms with E-state index in [1.165, 1.54) is 0 Å². The molecule has 3 heterocycles. The molecule has 0 saturated carbocycles. The van der Waals surface area contributed by atoms with Crippen LogP contribution in [0.3, 0.4) is 0 Å². The number of aliphatic hydroxyl groups excluding tert-OH is 3. The maximum atomic E-state index is 12.7. The first-order valence-electron chi connectivity index (χ1n) is 11.6. The fourth-order valence-electron chi connectivity index (χ4n) is 5.00. The minimum Gasteiger partial charge on any atom is -0.482 e. The zero-order chi connectivity index (χ0) is 24.2. The molecule has 0 aromatic heterocycles. The first-order chi connectivity index (χ1) is 16.1. The first-order valence-corrected chi connectivity index (χ1v) is 11.6. The van der Waals surface area contributed by atoms with Crippen LogP contribution < -0.4 is 5.32 Å². The molecule has 3 atom stereocenters. The fourth-order valence-corrected chi connectivity index (χ4v) is 5.00. The Balaban J connectivity index is 1.40. The number of benzene rings is 2. The lowest BCUT2D eigenvalue weighted by Gasteiger charge is -2.36. The number of allylic oxidation sites excluding steroid dienone is 1. The van der Waals surface area contributed by atoms with E-state index in [4.69, 9.17) is 4.74 Å². The van der Waals surface area contributed by atoms with E-state index in [-0.39, 0.29) is 5.91 Å². The third-order valence-electron chi connectivity index (χ3n) is 6.81. The van der Waals surface area contributed by atoms with E-state index in [2.05, 4.69) is 5.32 Å². The molecule has 4 N–H and O–H groups in total. The van der Waals surface area contributed by atoms with Gasteiger partial charge in [0.05, 0.1) is 17.8 Å². The predicted molar refractivity (Wildman–Crippen MR) is 130 cm³/mol. The van der Waals surface area contributed by atoms with Gasteiger partial charge in [-0.05, 0) is 49.6 Å². The highest BCUT2D eigenvalue weighted by molar-refractivity contribution is 6.32. The zero-order valence-electron chi connectivity index (χ0n) is 19.6. The number of carbonyl (C=O) groups excluding carboxylic acids is 1. The van der Waals surface area contributed by atoms with Crippen molar-refractivity contribution in [2.24, 2.45) is 0 Å². The van der Waals surface area contributed by atoms with Crippen molar-refractivity contribution in [1.29, 1.82) is 0 Å². The molecular weight excluding hydrogens is 432 g/mol. The van der Waals surface area contributed by atoms with Crippen LogP contribution in [-0.2, 0) is 16.1 Å². The molecule has 0 spiro atoms. The Kier molecular flexibility index (Phi) is 5.61. The summed E-state index contributed by atoms with van der Waals surface area (Å²) in [4.78, 5) is 14.7. The van der Waals surface area contributed by atoms with Crippen LogP contribution >= 0.6 is 0 Å². The molecule has 2 unspecified atom stereocenters. The number of anilines is 1. The van der Waals surface area contributed by atoms with Gasteiger partial charge in [0, 0.05) is 36.5 Å². The van der Waals surface area contributed by atoms with Crippen LogP contribution in [0.1, 0.15) is 36.1 Å². The number of amides is 1. The number of hydrogen-bond acceptors (Lipinski definition) is 6. The van der Waals surface area contributed by atoms with Gasteiger partial charge in [-0.1, -0.05) is 36.4 Å². The number of aliphatic hydroxyl groups is 3. The van der Waals surface area contributed by atoms with Gasteiger partial charge in [0.2, 0.25) is 0 Å². The van der Waals surface area contributed by atoms with E-state index in [1.807, 2.05) is 74.2 Å². The summed E-state index contributed by atoms with van der Waals surface area (Å²) in [7, 11) is 0. The number of hydrogen-bond donors (Lipinski definition) is 4. The molecule has 0 aliphatic carbocycles.